The van der Waals surface area contributed by atoms with Crippen LogP contribution >= 0.6 is 0 Å². The summed E-state index contributed by atoms with van der Waals surface area (Å²) < 4.78 is 0. The van der Waals surface area contributed by atoms with E-state index in [1.54, 1.807) is 0 Å². The van der Waals surface area contributed by atoms with Crippen molar-refractivity contribution in [3.8, 4) is 0 Å². The van der Waals surface area contributed by atoms with Gasteiger partial charge < -0.3 is 10.6 Å². The second-order valence-corrected chi connectivity index (χ2v) is 6.61. The minimum atomic E-state index is 0.00926. The number of piperidine rings is 1. The molecule has 2 atom stereocenters. The first kappa shape index (κ1) is 13.7. The smallest absolute Gasteiger partial charge is 0.253 e. The fraction of sp³-hybridized carbons (Fsp3) is 0.444. The van der Waals surface area contributed by atoms with Gasteiger partial charge in [-0.05, 0) is 44.7 Å². The van der Waals surface area contributed by atoms with Gasteiger partial charge in [0.05, 0.1) is 11.1 Å². The van der Waals surface area contributed by atoms with Gasteiger partial charge in [0.25, 0.3) is 5.91 Å². The average molecular weight is 295 g/mol. The Morgan fingerprint density at radius 3 is 2.73 bits per heavy atom. The van der Waals surface area contributed by atoms with E-state index in [1.807, 2.05) is 37.3 Å². The molecule has 2 unspecified atom stereocenters. The van der Waals surface area contributed by atoms with Gasteiger partial charge >= 0.3 is 0 Å². The molecule has 0 radical (unpaired) electrons. The Kier molecular flexibility index (Phi) is 3.34. The number of fused-ring (bicyclic) bond motifs is 3. The number of para-hydroxylation sites is 1. The minimum Gasteiger partial charge on any atom is -0.349 e. The Balaban J connectivity index is 1.59. The molecule has 0 spiro atoms. The molecule has 2 saturated heterocycles. The highest BCUT2D eigenvalue weighted by Gasteiger charge is 2.34. The lowest BCUT2D eigenvalue weighted by atomic mass is 9.99. The second kappa shape index (κ2) is 5.36. The van der Waals surface area contributed by atoms with Crippen LogP contribution in [0.4, 0.5) is 0 Å². The lowest BCUT2D eigenvalue weighted by molar-refractivity contribution is 0.0925. The van der Waals surface area contributed by atoms with Crippen LogP contribution in [0.25, 0.3) is 10.9 Å². The topological polar surface area (TPSA) is 54.0 Å². The van der Waals surface area contributed by atoms with Gasteiger partial charge in [0.2, 0.25) is 0 Å². The highest BCUT2D eigenvalue weighted by atomic mass is 16.1. The first-order valence-corrected chi connectivity index (χ1v) is 8.12. The number of aryl methyl sites for hydroxylation is 1. The van der Waals surface area contributed by atoms with Crippen LogP contribution in [-0.2, 0) is 0 Å². The Morgan fingerprint density at radius 1 is 1.18 bits per heavy atom. The van der Waals surface area contributed by atoms with Crippen LogP contribution in [0.5, 0.6) is 0 Å². The summed E-state index contributed by atoms with van der Waals surface area (Å²) in [4.78, 5) is 17.3. The zero-order valence-corrected chi connectivity index (χ0v) is 12.8. The second-order valence-electron chi connectivity index (χ2n) is 6.61. The van der Waals surface area contributed by atoms with Gasteiger partial charge in [-0.25, -0.2) is 0 Å². The van der Waals surface area contributed by atoms with E-state index in [9.17, 15) is 4.79 Å². The number of nitrogens with zero attached hydrogens (tertiary/aromatic N) is 1. The highest BCUT2D eigenvalue weighted by molar-refractivity contribution is 6.05. The molecule has 2 aliphatic heterocycles. The number of carbonyl (C=O) groups excluding carboxylic acids is 1. The summed E-state index contributed by atoms with van der Waals surface area (Å²) in [6, 6.07) is 11.3. The van der Waals surface area contributed by atoms with Gasteiger partial charge in [0.1, 0.15) is 0 Å². The van der Waals surface area contributed by atoms with Crippen molar-refractivity contribution in [1.82, 2.24) is 15.6 Å². The molecule has 22 heavy (non-hydrogen) atoms. The van der Waals surface area contributed by atoms with Crippen molar-refractivity contribution in [3.63, 3.8) is 0 Å². The Hall–Kier alpha value is -1.94. The molecule has 2 bridgehead atoms. The van der Waals surface area contributed by atoms with Crippen molar-refractivity contribution in [1.29, 1.82) is 0 Å². The van der Waals surface area contributed by atoms with Gasteiger partial charge in [-0.2, -0.15) is 0 Å². The summed E-state index contributed by atoms with van der Waals surface area (Å²) in [5.74, 6) is 0.00926. The monoisotopic (exact) mass is 295 g/mol. The van der Waals surface area contributed by atoms with Crippen LogP contribution in [0.2, 0.25) is 0 Å². The van der Waals surface area contributed by atoms with E-state index in [1.165, 1.54) is 12.8 Å². The number of hydrogen-bond donors (Lipinski definition) is 2. The SMILES string of the molecule is Cc1ccc2cccc(C(=O)NC3CC4CCC(C3)N4)c2n1. The molecule has 0 saturated carbocycles. The third-order valence-electron chi connectivity index (χ3n) is 4.91. The van der Waals surface area contributed by atoms with Crippen LogP contribution in [0.3, 0.4) is 0 Å². The van der Waals surface area contributed by atoms with Crippen molar-refractivity contribution in [2.45, 2.75) is 50.7 Å². The molecule has 4 heteroatoms. The molecule has 2 aromatic rings. The van der Waals surface area contributed by atoms with Crippen LogP contribution in [0.15, 0.2) is 30.3 Å². The van der Waals surface area contributed by atoms with Crippen LogP contribution < -0.4 is 10.6 Å². The number of nitrogens with one attached hydrogen (secondary N) is 2. The summed E-state index contributed by atoms with van der Waals surface area (Å²) in [5.41, 5.74) is 2.43. The molecular formula is C18H21N3O. The summed E-state index contributed by atoms with van der Waals surface area (Å²) in [6.07, 6.45) is 4.57. The maximum Gasteiger partial charge on any atom is 0.253 e. The largest absolute Gasteiger partial charge is 0.349 e. The normalized spacial score (nSPS) is 27.0. The maximum atomic E-state index is 12.7. The quantitative estimate of drug-likeness (QED) is 0.895. The number of pyridine rings is 1. The molecule has 114 valence electrons. The molecular weight excluding hydrogens is 274 g/mol. The van der Waals surface area contributed by atoms with Gasteiger partial charge in [0.15, 0.2) is 0 Å². The number of benzene rings is 1. The van der Waals surface area contributed by atoms with Crippen LogP contribution in [0, 0.1) is 6.92 Å². The number of aromatic nitrogens is 1. The molecule has 0 aliphatic carbocycles. The zero-order chi connectivity index (χ0) is 15.1. The standard InChI is InChI=1S/C18H21N3O/c1-11-5-6-12-3-2-4-16(17(12)19-11)18(22)21-15-9-13-7-8-14(10-15)20-13/h2-6,13-15,20H,7-10H2,1H3,(H,21,22). The van der Waals surface area contributed by atoms with E-state index in [0.29, 0.717) is 17.6 Å². The summed E-state index contributed by atoms with van der Waals surface area (Å²) in [7, 11) is 0. The molecule has 2 aliphatic rings. The van der Waals surface area contributed by atoms with Crippen molar-refractivity contribution >= 4 is 16.8 Å². The molecule has 2 N–H and O–H groups in total. The fourth-order valence-corrected chi connectivity index (χ4v) is 3.87. The summed E-state index contributed by atoms with van der Waals surface area (Å²) in [6.45, 7) is 1.96. The van der Waals surface area contributed by atoms with E-state index < -0.39 is 0 Å². The van der Waals surface area contributed by atoms with Gasteiger partial charge in [-0.1, -0.05) is 18.2 Å². The molecule has 1 amide bonds. The zero-order valence-electron chi connectivity index (χ0n) is 12.8. The van der Waals surface area contributed by atoms with E-state index >= 15 is 0 Å². The van der Waals surface area contributed by atoms with Gasteiger partial charge in [-0.3, -0.25) is 9.78 Å². The lowest BCUT2D eigenvalue weighted by Crippen LogP contribution is -2.48. The Labute approximate surface area is 130 Å². The predicted molar refractivity (Wildman–Crippen MR) is 86.9 cm³/mol. The minimum absolute atomic E-state index is 0.00926. The van der Waals surface area contributed by atoms with Crippen LogP contribution in [0.1, 0.15) is 41.7 Å². The van der Waals surface area contributed by atoms with Crippen molar-refractivity contribution in [2.24, 2.45) is 0 Å². The number of rotatable bonds is 2. The highest BCUT2D eigenvalue weighted by Crippen LogP contribution is 2.27. The predicted octanol–water partition coefficient (Wildman–Crippen LogP) is 2.56. The molecule has 3 heterocycles. The Morgan fingerprint density at radius 2 is 1.95 bits per heavy atom. The lowest BCUT2D eigenvalue weighted by Gasteiger charge is -2.29. The maximum absolute atomic E-state index is 12.7. The van der Waals surface area contributed by atoms with Crippen molar-refractivity contribution in [2.75, 3.05) is 0 Å². The number of amides is 1. The Bertz CT molecular complexity index is 715. The van der Waals surface area contributed by atoms with Crippen LogP contribution in [-0.4, -0.2) is 29.0 Å². The summed E-state index contributed by atoms with van der Waals surface area (Å²) >= 11 is 0. The fourth-order valence-electron chi connectivity index (χ4n) is 3.87. The van der Waals surface area contributed by atoms with Gasteiger partial charge in [0, 0.05) is 29.2 Å². The van der Waals surface area contributed by atoms with E-state index in [0.717, 1.165) is 29.4 Å². The van der Waals surface area contributed by atoms with E-state index in [-0.39, 0.29) is 11.9 Å². The number of carbonyl (C=O) groups is 1. The van der Waals surface area contributed by atoms with E-state index in [2.05, 4.69) is 15.6 Å². The third kappa shape index (κ3) is 2.48. The average Bonchev–Trinajstić information content (AvgIpc) is 2.85. The van der Waals surface area contributed by atoms with Gasteiger partial charge in [-0.15, -0.1) is 0 Å². The third-order valence-corrected chi connectivity index (χ3v) is 4.91. The van der Waals surface area contributed by atoms with Crippen molar-refractivity contribution in [3.05, 3.63) is 41.6 Å². The molecule has 1 aromatic carbocycles. The first-order chi connectivity index (χ1) is 10.7. The summed E-state index contributed by atoms with van der Waals surface area (Å²) in [5, 5.41) is 7.85. The number of hydrogen-bond acceptors (Lipinski definition) is 3. The van der Waals surface area contributed by atoms with E-state index in [4.69, 9.17) is 0 Å². The molecule has 1 aromatic heterocycles. The van der Waals surface area contributed by atoms with Crippen molar-refractivity contribution < 1.29 is 4.79 Å². The first-order valence-electron chi connectivity index (χ1n) is 8.12. The molecule has 2 fully saturated rings. The molecule has 4 nitrogen and oxygen atoms in total. The molecule has 4 rings (SSSR count).